The van der Waals surface area contributed by atoms with Crippen LogP contribution in [0.1, 0.15) is 37.6 Å². The van der Waals surface area contributed by atoms with Gasteiger partial charge in [-0.2, -0.15) is 0 Å². The summed E-state index contributed by atoms with van der Waals surface area (Å²) in [6, 6.07) is 4.16. The molecule has 0 aliphatic rings. The van der Waals surface area contributed by atoms with Crippen LogP contribution in [0.25, 0.3) is 0 Å². The molecule has 108 valence electrons. The summed E-state index contributed by atoms with van der Waals surface area (Å²) in [5.74, 6) is 0.106. The third-order valence-electron chi connectivity index (χ3n) is 3.06. The quantitative estimate of drug-likeness (QED) is 0.883. The number of aryl methyl sites for hydroxylation is 1. The Balaban J connectivity index is 2.12. The molecule has 0 amide bonds. The van der Waals surface area contributed by atoms with Crippen molar-refractivity contribution >= 4 is 0 Å². The Morgan fingerprint density at radius 1 is 1.45 bits per heavy atom. The van der Waals surface area contributed by atoms with Crippen LogP contribution in [0.4, 0.5) is 4.39 Å². The number of benzene rings is 1. The van der Waals surface area contributed by atoms with Crippen LogP contribution in [0.2, 0.25) is 0 Å². The zero-order chi connectivity index (χ0) is 14.5. The van der Waals surface area contributed by atoms with Crippen LogP contribution in [-0.2, 0) is 13.2 Å². The smallest absolute Gasteiger partial charge is 0.130 e. The van der Waals surface area contributed by atoms with E-state index in [0.29, 0.717) is 17.9 Å². The molecule has 20 heavy (non-hydrogen) atoms. The van der Waals surface area contributed by atoms with Crippen molar-refractivity contribution in [3.8, 4) is 5.75 Å². The van der Waals surface area contributed by atoms with E-state index in [0.717, 1.165) is 18.7 Å². The maximum atomic E-state index is 13.2. The number of hydrogen-bond donors (Lipinski definition) is 1. The van der Waals surface area contributed by atoms with Crippen LogP contribution in [-0.4, -0.2) is 14.7 Å². The minimum Gasteiger partial charge on any atom is -0.487 e. The van der Waals surface area contributed by atoms with E-state index in [2.05, 4.69) is 11.9 Å². The summed E-state index contributed by atoms with van der Waals surface area (Å²) < 4.78 is 20.9. The maximum Gasteiger partial charge on any atom is 0.130 e. The van der Waals surface area contributed by atoms with Gasteiger partial charge in [0.1, 0.15) is 18.2 Å². The normalized spacial score (nSPS) is 12.4. The number of aliphatic hydroxyl groups excluding tert-OH is 1. The van der Waals surface area contributed by atoms with Crippen molar-refractivity contribution in [1.29, 1.82) is 0 Å². The number of halogens is 1. The third-order valence-corrected chi connectivity index (χ3v) is 3.06. The minimum absolute atomic E-state index is 0.339. The van der Waals surface area contributed by atoms with E-state index >= 15 is 0 Å². The van der Waals surface area contributed by atoms with Gasteiger partial charge in [0.2, 0.25) is 0 Å². The van der Waals surface area contributed by atoms with Crippen LogP contribution in [0.5, 0.6) is 5.75 Å². The molecule has 0 aliphatic heterocycles. The Kier molecular flexibility index (Phi) is 4.74. The lowest BCUT2D eigenvalue weighted by molar-refractivity contribution is 0.189. The lowest BCUT2D eigenvalue weighted by Gasteiger charge is -2.14. The molecule has 0 spiro atoms. The fourth-order valence-corrected chi connectivity index (χ4v) is 2.04. The summed E-state index contributed by atoms with van der Waals surface area (Å²) in [5, 5.41) is 9.66. The lowest BCUT2D eigenvalue weighted by Crippen LogP contribution is -2.06. The highest BCUT2D eigenvalue weighted by Crippen LogP contribution is 2.26. The van der Waals surface area contributed by atoms with Crippen molar-refractivity contribution < 1.29 is 14.2 Å². The summed E-state index contributed by atoms with van der Waals surface area (Å²) >= 11 is 0. The van der Waals surface area contributed by atoms with E-state index in [1.807, 2.05) is 4.57 Å². The Hall–Kier alpha value is -1.88. The minimum atomic E-state index is -0.777. The van der Waals surface area contributed by atoms with Gasteiger partial charge in [0, 0.05) is 12.1 Å². The zero-order valence-electron chi connectivity index (χ0n) is 11.7. The molecule has 1 heterocycles. The summed E-state index contributed by atoms with van der Waals surface area (Å²) in [6.45, 7) is 4.90. The van der Waals surface area contributed by atoms with Gasteiger partial charge < -0.3 is 14.4 Å². The number of nitrogens with zero attached hydrogens (tertiary/aromatic N) is 2. The maximum absolute atomic E-state index is 13.2. The second-order valence-electron chi connectivity index (χ2n) is 4.73. The second-order valence-corrected chi connectivity index (χ2v) is 4.73. The first kappa shape index (κ1) is 14.5. The van der Waals surface area contributed by atoms with Crippen molar-refractivity contribution in [2.75, 3.05) is 0 Å². The third kappa shape index (κ3) is 3.36. The molecular weight excluding hydrogens is 259 g/mol. The topological polar surface area (TPSA) is 47.3 Å². The molecule has 0 fully saturated rings. The molecule has 1 atom stereocenters. The number of hydrogen-bond acceptors (Lipinski definition) is 3. The van der Waals surface area contributed by atoms with Crippen molar-refractivity contribution in [3.05, 3.63) is 47.8 Å². The number of aromatic nitrogens is 2. The number of ether oxygens (including phenoxy) is 1. The average Bonchev–Trinajstić information content (AvgIpc) is 2.85. The van der Waals surface area contributed by atoms with Gasteiger partial charge in [0.15, 0.2) is 0 Å². The van der Waals surface area contributed by atoms with Gasteiger partial charge in [-0.3, -0.25) is 0 Å². The SMILES string of the molecule is CCCn1cncc1COc1ccc(F)cc1C(C)O. The first-order chi connectivity index (χ1) is 9.61. The molecule has 1 N–H and O–H groups in total. The Labute approximate surface area is 117 Å². The van der Waals surface area contributed by atoms with Gasteiger partial charge in [-0.05, 0) is 31.5 Å². The van der Waals surface area contributed by atoms with E-state index in [1.54, 1.807) is 19.4 Å². The average molecular weight is 278 g/mol. The van der Waals surface area contributed by atoms with E-state index in [4.69, 9.17) is 4.74 Å². The van der Waals surface area contributed by atoms with Crippen LogP contribution >= 0.6 is 0 Å². The molecule has 1 unspecified atom stereocenters. The standard InChI is InChI=1S/C15H19FN2O2/c1-3-6-18-10-17-8-13(18)9-20-15-5-4-12(16)7-14(15)11(2)19/h4-5,7-8,10-11,19H,3,6,9H2,1-2H3. The first-order valence-electron chi connectivity index (χ1n) is 6.71. The van der Waals surface area contributed by atoms with Crippen LogP contribution in [0, 0.1) is 5.82 Å². The highest BCUT2D eigenvalue weighted by atomic mass is 19.1. The molecule has 5 heteroatoms. The molecule has 2 rings (SSSR count). The van der Waals surface area contributed by atoms with Crippen molar-refractivity contribution in [3.63, 3.8) is 0 Å². The Morgan fingerprint density at radius 2 is 2.25 bits per heavy atom. The lowest BCUT2D eigenvalue weighted by atomic mass is 10.1. The van der Waals surface area contributed by atoms with Crippen LogP contribution < -0.4 is 4.74 Å². The molecule has 0 bridgehead atoms. The molecule has 0 saturated heterocycles. The predicted molar refractivity (Wildman–Crippen MR) is 73.9 cm³/mol. The van der Waals surface area contributed by atoms with Gasteiger partial charge in [0.05, 0.1) is 24.3 Å². The number of aliphatic hydroxyl groups is 1. The molecule has 0 radical (unpaired) electrons. The summed E-state index contributed by atoms with van der Waals surface area (Å²) in [5.41, 5.74) is 1.40. The van der Waals surface area contributed by atoms with Crippen LogP contribution in [0.3, 0.4) is 0 Å². The fraction of sp³-hybridized carbons (Fsp3) is 0.400. The highest BCUT2D eigenvalue weighted by Gasteiger charge is 2.11. The largest absolute Gasteiger partial charge is 0.487 e. The Morgan fingerprint density at radius 3 is 2.95 bits per heavy atom. The highest BCUT2D eigenvalue weighted by molar-refractivity contribution is 5.35. The van der Waals surface area contributed by atoms with Gasteiger partial charge in [-0.15, -0.1) is 0 Å². The first-order valence-corrected chi connectivity index (χ1v) is 6.71. The van der Waals surface area contributed by atoms with Gasteiger partial charge in [-0.1, -0.05) is 6.92 Å². The van der Waals surface area contributed by atoms with E-state index in [9.17, 15) is 9.50 Å². The molecule has 1 aromatic heterocycles. The zero-order valence-corrected chi connectivity index (χ0v) is 11.7. The van der Waals surface area contributed by atoms with Gasteiger partial charge in [-0.25, -0.2) is 9.37 Å². The van der Waals surface area contributed by atoms with E-state index in [1.165, 1.54) is 18.2 Å². The number of rotatable bonds is 6. The Bertz CT molecular complexity index is 567. The summed E-state index contributed by atoms with van der Waals surface area (Å²) in [6.07, 6.45) is 3.75. The summed E-state index contributed by atoms with van der Waals surface area (Å²) in [7, 11) is 0. The van der Waals surface area contributed by atoms with Crippen molar-refractivity contribution in [2.24, 2.45) is 0 Å². The van der Waals surface area contributed by atoms with Gasteiger partial charge >= 0.3 is 0 Å². The van der Waals surface area contributed by atoms with E-state index < -0.39 is 6.10 Å². The molecule has 2 aromatic rings. The van der Waals surface area contributed by atoms with E-state index in [-0.39, 0.29) is 5.82 Å². The molecule has 4 nitrogen and oxygen atoms in total. The fourth-order valence-electron chi connectivity index (χ4n) is 2.04. The van der Waals surface area contributed by atoms with Crippen molar-refractivity contribution in [2.45, 2.75) is 39.5 Å². The molecule has 0 saturated carbocycles. The van der Waals surface area contributed by atoms with Gasteiger partial charge in [0.25, 0.3) is 0 Å². The second kappa shape index (κ2) is 6.52. The molecule has 1 aromatic carbocycles. The molecular formula is C15H19FN2O2. The van der Waals surface area contributed by atoms with Crippen molar-refractivity contribution in [1.82, 2.24) is 9.55 Å². The monoisotopic (exact) mass is 278 g/mol. The predicted octanol–water partition coefficient (Wildman–Crippen LogP) is 3.06. The summed E-state index contributed by atoms with van der Waals surface area (Å²) in [4.78, 5) is 4.10. The van der Waals surface area contributed by atoms with Crippen LogP contribution in [0.15, 0.2) is 30.7 Å². The number of imidazole rings is 1. The molecule has 0 aliphatic carbocycles.